The zero-order chi connectivity index (χ0) is 23.2. The number of ether oxygens (including phenoxy) is 1. The van der Waals surface area contributed by atoms with E-state index in [1.54, 1.807) is 4.90 Å². The quantitative estimate of drug-likeness (QED) is 0.742. The molecule has 8 heteroatoms. The first kappa shape index (κ1) is 22.2. The Labute approximate surface area is 196 Å². The van der Waals surface area contributed by atoms with Crippen molar-refractivity contribution in [3.8, 4) is 11.3 Å². The Morgan fingerprint density at radius 1 is 1.18 bits per heavy atom. The molecule has 0 radical (unpaired) electrons. The molecule has 0 aromatic carbocycles. The molecule has 2 aromatic heterocycles. The molecule has 2 N–H and O–H groups in total. The molecular formula is C25H36N6O2. The monoisotopic (exact) mass is 452 g/mol. The second-order valence-corrected chi connectivity index (χ2v) is 10.7. The van der Waals surface area contributed by atoms with E-state index in [0.717, 1.165) is 43.9 Å². The van der Waals surface area contributed by atoms with Gasteiger partial charge in [-0.1, -0.05) is 0 Å². The summed E-state index contributed by atoms with van der Waals surface area (Å²) in [5.74, 6) is 1.17. The highest BCUT2D eigenvalue weighted by Gasteiger charge is 2.35. The third-order valence-corrected chi connectivity index (χ3v) is 6.96. The molecule has 2 aromatic rings. The van der Waals surface area contributed by atoms with Crippen molar-refractivity contribution in [2.24, 2.45) is 11.7 Å². The smallest absolute Gasteiger partial charge is 0.410 e. The molecule has 0 spiro atoms. The number of nitrogens with two attached hydrogens (primary N) is 1. The SMILES string of the molecule is CC(C)(C)OC(=O)N1CCN(c2cccnc2-c2cn(C3CC(CN)C3)nc2C2CC2)CC1. The van der Waals surface area contributed by atoms with Crippen LogP contribution in [0.4, 0.5) is 10.5 Å². The number of aromatic nitrogens is 3. The lowest BCUT2D eigenvalue weighted by molar-refractivity contribution is 0.0240. The van der Waals surface area contributed by atoms with Gasteiger partial charge in [-0.3, -0.25) is 9.67 Å². The normalized spacial score (nSPS) is 23.4. The van der Waals surface area contributed by atoms with Crippen molar-refractivity contribution in [3.05, 3.63) is 30.2 Å². The standard InChI is InChI=1S/C25H36N6O2/c1-25(2,3)33-24(32)30-11-9-29(10-12-30)21-5-4-8-27-23(21)20-16-31(19-13-17(14-19)15-26)28-22(20)18-6-7-18/h4-5,8,16-19H,6-7,9-15,26H2,1-3H3. The summed E-state index contributed by atoms with van der Waals surface area (Å²) >= 11 is 0. The van der Waals surface area contributed by atoms with Gasteiger partial charge in [0.1, 0.15) is 5.60 Å². The Hall–Kier alpha value is -2.61. The number of hydrogen-bond acceptors (Lipinski definition) is 6. The van der Waals surface area contributed by atoms with Crippen LogP contribution in [0.25, 0.3) is 11.3 Å². The van der Waals surface area contributed by atoms with Crippen molar-refractivity contribution in [2.75, 3.05) is 37.6 Å². The van der Waals surface area contributed by atoms with Crippen LogP contribution in [0.3, 0.4) is 0 Å². The summed E-state index contributed by atoms with van der Waals surface area (Å²) in [4.78, 5) is 21.4. The summed E-state index contributed by atoms with van der Waals surface area (Å²) in [5.41, 5.74) is 9.85. The predicted octanol–water partition coefficient (Wildman–Crippen LogP) is 3.79. The molecule has 0 atom stereocenters. The van der Waals surface area contributed by atoms with E-state index in [1.165, 1.54) is 24.1 Å². The van der Waals surface area contributed by atoms with Gasteiger partial charge in [-0.25, -0.2) is 4.79 Å². The predicted molar refractivity (Wildman–Crippen MR) is 128 cm³/mol. The molecule has 2 aliphatic carbocycles. The van der Waals surface area contributed by atoms with Crippen LogP contribution in [0.5, 0.6) is 0 Å². The van der Waals surface area contributed by atoms with Gasteiger partial charge in [-0.2, -0.15) is 5.10 Å². The topological polar surface area (TPSA) is 89.5 Å². The molecule has 8 nitrogen and oxygen atoms in total. The van der Waals surface area contributed by atoms with E-state index in [0.29, 0.717) is 31.0 Å². The summed E-state index contributed by atoms with van der Waals surface area (Å²) in [5, 5.41) is 5.04. The van der Waals surface area contributed by atoms with Crippen LogP contribution in [0.2, 0.25) is 0 Å². The van der Waals surface area contributed by atoms with Crippen LogP contribution >= 0.6 is 0 Å². The van der Waals surface area contributed by atoms with E-state index < -0.39 is 5.60 Å². The van der Waals surface area contributed by atoms with Crippen molar-refractivity contribution in [2.45, 2.75) is 64.0 Å². The summed E-state index contributed by atoms with van der Waals surface area (Å²) < 4.78 is 7.73. The Balaban J connectivity index is 1.35. The van der Waals surface area contributed by atoms with E-state index in [-0.39, 0.29) is 6.09 Å². The number of rotatable bonds is 5. The molecule has 0 bridgehead atoms. The van der Waals surface area contributed by atoms with Gasteiger partial charge in [-0.15, -0.1) is 0 Å². The van der Waals surface area contributed by atoms with Crippen LogP contribution in [-0.2, 0) is 4.74 Å². The lowest BCUT2D eigenvalue weighted by Gasteiger charge is -2.37. The summed E-state index contributed by atoms with van der Waals surface area (Å²) in [6.45, 7) is 9.26. The number of carbonyl (C=O) groups is 1. The number of amides is 1. The highest BCUT2D eigenvalue weighted by molar-refractivity contribution is 5.77. The van der Waals surface area contributed by atoms with E-state index in [1.807, 2.05) is 33.0 Å². The van der Waals surface area contributed by atoms with Crippen LogP contribution in [0.1, 0.15) is 64.1 Å². The van der Waals surface area contributed by atoms with Gasteiger partial charge in [0.05, 0.1) is 23.1 Å². The van der Waals surface area contributed by atoms with Gasteiger partial charge in [0, 0.05) is 50.1 Å². The molecule has 3 fully saturated rings. The molecule has 5 rings (SSSR count). The third-order valence-electron chi connectivity index (χ3n) is 6.96. The van der Waals surface area contributed by atoms with Gasteiger partial charge in [0.15, 0.2) is 0 Å². The van der Waals surface area contributed by atoms with Crippen LogP contribution in [-0.4, -0.2) is 64.1 Å². The number of nitrogens with zero attached hydrogens (tertiary/aromatic N) is 5. The number of anilines is 1. The molecule has 2 saturated carbocycles. The molecule has 3 aliphatic rings. The summed E-state index contributed by atoms with van der Waals surface area (Å²) in [7, 11) is 0. The highest BCUT2D eigenvalue weighted by atomic mass is 16.6. The zero-order valence-corrected chi connectivity index (χ0v) is 20.0. The highest BCUT2D eigenvalue weighted by Crippen LogP contribution is 2.46. The molecule has 178 valence electrons. The van der Waals surface area contributed by atoms with E-state index >= 15 is 0 Å². The minimum Gasteiger partial charge on any atom is -0.444 e. The van der Waals surface area contributed by atoms with Gasteiger partial charge in [0.25, 0.3) is 0 Å². The van der Waals surface area contributed by atoms with Gasteiger partial charge in [0.2, 0.25) is 0 Å². The van der Waals surface area contributed by atoms with Crippen molar-refractivity contribution in [1.82, 2.24) is 19.7 Å². The molecular weight excluding hydrogens is 416 g/mol. The van der Waals surface area contributed by atoms with E-state index in [2.05, 4.69) is 21.8 Å². The third kappa shape index (κ3) is 4.71. The van der Waals surface area contributed by atoms with Crippen LogP contribution < -0.4 is 10.6 Å². The maximum Gasteiger partial charge on any atom is 0.410 e. The van der Waals surface area contributed by atoms with Gasteiger partial charge in [-0.05, 0) is 71.0 Å². The second-order valence-electron chi connectivity index (χ2n) is 10.7. The van der Waals surface area contributed by atoms with E-state index in [4.69, 9.17) is 20.6 Å². The Morgan fingerprint density at radius 2 is 1.91 bits per heavy atom. The van der Waals surface area contributed by atoms with Crippen LogP contribution in [0.15, 0.2) is 24.5 Å². The Bertz CT molecular complexity index is 995. The van der Waals surface area contributed by atoms with Crippen molar-refractivity contribution in [1.29, 1.82) is 0 Å². The molecule has 1 saturated heterocycles. The van der Waals surface area contributed by atoms with Gasteiger partial charge < -0.3 is 20.3 Å². The fourth-order valence-corrected chi connectivity index (χ4v) is 4.86. The van der Waals surface area contributed by atoms with E-state index in [9.17, 15) is 4.79 Å². The molecule has 3 heterocycles. The zero-order valence-electron chi connectivity index (χ0n) is 20.0. The lowest BCUT2D eigenvalue weighted by Crippen LogP contribution is -2.50. The number of hydrogen-bond donors (Lipinski definition) is 1. The number of pyridine rings is 1. The average Bonchev–Trinajstić information content (AvgIpc) is 3.51. The van der Waals surface area contributed by atoms with Gasteiger partial charge >= 0.3 is 6.09 Å². The first-order valence-electron chi connectivity index (χ1n) is 12.3. The van der Waals surface area contributed by atoms with Crippen molar-refractivity contribution >= 4 is 11.8 Å². The molecule has 1 aliphatic heterocycles. The van der Waals surface area contributed by atoms with Crippen LogP contribution in [0, 0.1) is 5.92 Å². The maximum atomic E-state index is 12.5. The minimum atomic E-state index is -0.477. The first-order chi connectivity index (χ1) is 15.8. The molecule has 33 heavy (non-hydrogen) atoms. The number of carbonyl (C=O) groups excluding carboxylic acids is 1. The minimum absolute atomic E-state index is 0.234. The van der Waals surface area contributed by atoms with Crippen molar-refractivity contribution < 1.29 is 9.53 Å². The fourth-order valence-electron chi connectivity index (χ4n) is 4.86. The Kier molecular flexibility index (Phi) is 5.80. The Morgan fingerprint density at radius 3 is 2.55 bits per heavy atom. The molecule has 1 amide bonds. The fraction of sp³-hybridized carbons (Fsp3) is 0.640. The largest absolute Gasteiger partial charge is 0.444 e. The number of piperazine rings is 1. The first-order valence-corrected chi connectivity index (χ1v) is 12.3. The molecule has 0 unspecified atom stereocenters. The lowest BCUT2D eigenvalue weighted by atomic mass is 9.80. The summed E-state index contributed by atoms with van der Waals surface area (Å²) in [6.07, 6.45) is 8.49. The summed E-state index contributed by atoms with van der Waals surface area (Å²) in [6, 6.07) is 4.60. The maximum absolute atomic E-state index is 12.5. The second kappa shape index (κ2) is 8.63. The van der Waals surface area contributed by atoms with Crippen molar-refractivity contribution in [3.63, 3.8) is 0 Å². The average molecular weight is 453 g/mol.